The highest BCUT2D eigenvalue weighted by Crippen LogP contribution is 2.44. The van der Waals surface area contributed by atoms with Crippen molar-refractivity contribution in [3.63, 3.8) is 0 Å². The zero-order valence-electron chi connectivity index (χ0n) is 20.9. The molecule has 7 nitrogen and oxygen atoms in total. The first kappa shape index (κ1) is 25.3. The summed E-state index contributed by atoms with van der Waals surface area (Å²) >= 11 is 0. The number of nitrogens with zero attached hydrogens (tertiary/aromatic N) is 2. The van der Waals surface area contributed by atoms with Gasteiger partial charge in [0, 0.05) is 12.6 Å². The number of hydrogen-bond acceptors (Lipinski definition) is 5. The van der Waals surface area contributed by atoms with E-state index in [1.165, 1.54) is 31.3 Å². The van der Waals surface area contributed by atoms with Crippen LogP contribution in [0.15, 0.2) is 84.9 Å². The molecule has 3 aromatic carbocycles. The number of ether oxygens (including phenoxy) is 1. The van der Waals surface area contributed by atoms with E-state index in [0.29, 0.717) is 23.3 Å². The van der Waals surface area contributed by atoms with Crippen LogP contribution >= 0.6 is 0 Å². The number of fused-ring (bicyclic) bond motifs is 1. The number of esters is 1. The third-order valence-electron chi connectivity index (χ3n) is 7.46. The van der Waals surface area contributed by atoms with Crippen LogP contribution in [0.5, 0.6) is 0 Å². The topological polar surface area (TPSA) is 84.0 Å². The maximum atomic E-state index is 17.1. The molecule has 2 aliphatic rings. The number of carbonyl (C=O) groups is 4. The first-order valence-electron chi connectivity index (χ1n) is 12.5. The average molecular weight is 515 g/mol. The van der Waals surface area contributed by atoms with Crippen LogP contribution in [0.4, 0.5) is 4.39 Å². The molecule has 194 valence electrons. The molecule has 3 aromatic rings. The van der Waals surface area contributed by atoms with E-state index in [4.69, 9.17) is 4.74 Å². The van der Waals surface area contributed by atoms with Crippen molar-refractivity contribution < 1.29 is 28.3 Å². The summed E-state index contributed by atoms with van der Waals surface area (Å²) in [6, 6.07) is 22.8. The Hall–Kier alpha value is -4.33. The third-order valence-corrected chi connectivity index (χ3v) is 7.46. The Bertz CT molecular complexity index is 1350. The number of imide groups is 1. The molecule has 1 atom stereocenters. The van der Waals surface area contributed by atoms with Gasteiger partial charge < -0.3 is 4.74 Å². The summed E-state index contributed by atoms with van der Waals surface area (Å²) in [7, 11) is 1.18. The number of alkyl halides is 1. The number of hydrogen-bond donors (Lipinski definition) is 0. The number of carbonyl (C=O) groups excluding carboxylic acids is 4. The minimum absolute atomic E-state index is 0.0931. The Morgan fingerprint density at radius 3 is 1.92 bits per heavy atom. The van der Waals surface area contributed by atoms with E-state index >= 15 is 4.39 Å². The molecule has 0 radical (unpaired) electrons. The SMILES string of the molecule is CN(C(=O)C1(N2C(=O)c3ccccc3C2=O)CCCC1)[C@@](F)(C(=O)OCc1ccccc1)c1ccccc1. The molecular formula is C30H27FN2O5. The van der Waals surface area contributed by atoms with E-state index in [2.05, 4.69) is 0 Å². The quantitative estimate of drug-likeness (QED) is 0.261. The molecule has 5 rings (SSSR count). The van der Waals surface area contributed by atoms with Crippen molar-refractivity contribution in [3.8, 4) is 0 Å². The van der Waals surface area contributed by atoms with Crippen molar-refractivity contribution in [2.24, 2.45) is 0 Å². The lowest BCUT2D eigenvalue weighted by Gasteiger charge is -2.42. The molecule has 0 unspecified atom stereocenters. The van der Waals surface area contributed by atoms with Gasteiger partial charge in [0.05, 0.1) is 11.1 Å². The normalized spacial score (nSPS) is 17.6. The lowest BCUT2D eigenvalue weighted by atomic mass is 9.91. The van der Waals surface area contributed by atoms with Crippen LogP contribution in [0.25, 0.3) is 0 Å². The summed E-state index contributed by atoms with van der Waals surface area (Å²) in [5.74, 6) is -6.27. The van der Waals surface area contributed by atoms with Gasteiger partial charge in [0.1, 0.15) is 12.1 Å². The first-order chi connectivity index (χ1) is 18.3. The van der Waals surface area contributed by atoms with Gasteiger partial charge in [0.25, 0.3) is 17.7 Å². The number of amides is 3. The van der Waals surface area contributed by atoms with E-state index in [1.54, 1.807) is 54.6 Å². The molecule has 1 fully saturated rings. The number of benzene rings is 3. The van der Waals surface area contributed by atoms with Crippen LogP contribution in [0, 0.1) is 0 Å². The number of halogens is 1. The van der Waals surface area contributed by atoms with Gasteiger partial charge in [-0.15, -0.1) is 0 Å². The van der Waals surface area contributed by atoms with E-state index in [1.807, 2.05) is 6.07 Å². The van der Waals surface area contributed by atoms with E-state index in [9.17, 15) is 19.2 Å². The molecule has 1 saturated carbocycles. The summed E-state index contributed by atoms with van der Waals surface area (Å²) < 4.78 is 22.5. The Labute approximate surface area is 219 Å². The highest BCUT2D eigenvalue weighted by molar-refractivity contribution is 6.23. The maximum absolute atomic E-state index is 17.1. The van der Waals surface area contributed by atoms with Gasteiger partial charge in [-0.25, -0.2) is 9.18 Å². The molecule has 0 bridgehead atoms. The van der Waals surface area contributed by atoms with Crippen LogP contribution in [0.3, 0.4) is 0 Å². The lowest BCUT2D eigenvalue weighted by Crippen LogP contribution is -2.63. The Kier molecular flexibility index (Phi) is 6.57. The number of rotatable bonds is 7. The zero-order chi connectivity index (χ0) is 26.9. The van der Waals surface area contributed by atoms with Crippen molar-refractivity contribution >= 4 is 23.7 Å². The van der Waals surface area contributed by atoms with Crippen LogP contribution in [0.2, 0.25) is 0 Å². The van der Waals surface area contributed by atoms with Crippen LogP contribution in [-0.2, 0) is 26.7 Å². The van der Waals surface area contributed by atoms with Crippen molar-refractivity contribution in [2.75, 3.05) is 7.05 Å². The first-order valence-corrected chi connectivity index (χ1v) is 12.5. The highest BCUT2D eigenvalue weighted by Gasteiger charge is 2.60. The summed E-state index contributed by atoms with van der Waals surface area (Å²) in [5, 5.41) is 0. The van der Waals surface area contributed by atoms with Crippen molar-refractivity contribution in [3.05, 3.63) is 107 Å². The van der Waals surface area contributed by atoms with E-state index < -0.39 is 35.0 Å². The van der Waals surface area contributed by atoms with E-state index in [0.717, 1.165) is 4.90 Å². The molecule has 3 amide bonds. The second-order valence-electron chi connectivity index (χ2n) is 9.64. The zero-order valence-corrected chi connectivity index (χ0v) is 20.9. The summed E-state index contributed by atoms with van der Waals surface area (Å²) in [6.45, 7) is -0.191. The minimum atomic E-state index is -3.00. The van der Waals surface area contributed by atoms with Crippen molar-refractivity contribution in [1.29, 1.82) is 0 Å². The summed E-state index contributed by atoms with van der Waals surface area (Å²) in [4.78, 5) is 56.1. The fourth-order valence-electron chi connectivity index (χ4n) is 5.45. The van der Waals surface area contributed by atoms with E-state index in [-0.39, 0.29) is 36.1 Å². The molecule has 1 aliphatic heterocycles. The fraction of sp³-hybridized carbons (Fsp3) is 0.267. The highest BCUT2D eigenvalue weighted by atomic mass is 19.1. The molecule has 38 heavy (non-hydrogen) atoms. The largest absolute Gasteiger partial charge is 0.457 e. The molecular weight excluding hydrogens is 487 g/mol. The smallest absolute Gasteiger partial charge is 0.370 e. The van der Waals surface area contributed by atoms with Gasteiger partial charge in [0.15, 0.2) is 0 Å². The van der Waals surface area contributed by atoms with Gasteiger partial charge in [-0.3, -0.25) is 24.2 Å². The predicted octanol–water partition coefficient (Wildman–Crippen LogP) is 4.62. The second-order valence-corrected chi connectivity index (χ2v) is 9.64. The predicted molar refractivity (Wildman–Crippen MR) is 136 cm³/mol. The molecule has 0 N–H and O–H groups in total. The van der Waals surface area contributed by atoms with Gasteiger partial charge >= 0.3 is 11.8 Å². The standard InChI is InChI=1S/C30H27FN2O5/c1-32(30(31,22-14-6-3-7-15-22)28(37)38-20-21-12-4-2-5-13-21)27(36)29(18-10-11-19-29)33-25(34)23-16-8-9-17-24(23)26(33)35/h2-9,12-17H,10-11,18-20H2,1H3/t30-/m1/s1. The number of likely N-dealkylation sites (N-methyl/N-ethyl adjacent to an activating group) is 1. The Morgan fingerprint density at radius 1 is 0.868 bits per heavy atom. The van der Waals surface area contributed by atoms with Gasteiger partial charge in [-0.2, -0.15) is 0 Å². The summed E-state index contributed by atoms with van der Waals surface area (Å²) in [5.41, 5.74) is -0.645. The third kappa shape index (κ3) is 3.97. The van der Waals surface area contributed by atoms with Gasteiger partial charge in [0.2, 0.25) is 0 Å². The molecule has 1 aliphatic carbocycles. The Balaban J connectivity index is 1.52. The van der Waals surface area contributed by atoms with Crippen molar-refractivity contribution in [2.45, 2.75) is 43.6 Å². The maximum Gasteiger partial charge on any atom is 0.370 e. The van der Waals surface area contributed by atoms with Gasteiger partial charge in [-0.05, 0) is 30.5 Å². The Morgan fingerprint density at radius 2 is 1.37 bits per heavy atom. The monoisotopic (exact) mass is 514 g/mol. The minimum Gasteiger partial charge on any atom is -0.457 e. The van der Waals surface area contributed by atoms with Crippen LogP contribution < -0.4 is 0 Å². The lowest BCUT2D eigenvalue weighted by molar-refractivity contribution is -0.183. The molecule has 0 saturated heterocycles. The molecule has 0 aromatic heterocycles. The van der Waals surface area contributed by atoms with Gasteiger partial charge in [-0.1, -0.05) is 85.6 Å². The molecule has 8 heteroatoms. The fourth-order valence-corrected chi connectivity index (χ4v) is 5.45. The molecule has 1 heterocycles. The molecule has 0 spiro atoms. The van der Waals surface area contributed by atoms with Crippen LogP contribution in [0.1, 0.15) is 57.5 Å². The average Bonchev–Trinajstić information content (AvgIpc) is 3.55. The van der Waals surface area contributed by atoms with Crippen LogP contribution in [-0.4, -0.2) is 46.1 Å². The van der Waals surface area contributed by atoms with Crippen molar-refractivity contribution in [1.82, 2.24) is 9.80 Å². The second kappa shape index (κ2) is 9.85. The summed E-state index contributed by atoms with van der Waals surface area (Å²) in [6.07, 6.45) is 1.48.